The van der Waals surface area contributed by atoms with E-state index in [4.69, 9.17) is 5.11 Å². The van der Waals surface area contributed by atoms with Crippen LogP contribution in [0.3, 0.4) is 0 Å². The average Bonchev–Trinajstić information content (AvgIpc) is 2.53. The van der Waals surface area contributed by atoms with Crippen LogP contribution in [-0.2, 0) is 11.4 Å². The van der Waals surface area contributed by atoms with Crippen molar-refractivity contribution in [3.63, 3.8) is 0 Å². The molecule has 0 aliphatic rings. The Bertz CT molecular complexity index is 626. The Labute approximate surface area is 122 Å². The minimum atomic E-state index is -0.325. The van der Waals surface area contributed by atoms with Gasteiger partial charge in [0.25, 0.3) is 5.91 Å². The minimum Gasteiger partial charge on any atom is -0.392 e. The number of hydrogen-bond acceptors (Lipinski definition) is 3. The number of aliphatic hydroxyl groups is 1. The van der Waals surface area contributed by atoms with Crippen LogP contribution in [-0.4, -0.2) is 23.5 Å². The second kappa shape index (κ2) is 7.21. The molecule has 0 spiro atoms. The third kappa shape index (κ3) is 4.43. The quantitative estimate of drug-likeness (QED) is 0.779. The van der Waals surface area contributed by atoms with E-state index in [-0.39, 0.29) is 25.0 Å². The minimum absolute atomic E-state index is 0.0888. The summed E-state index contributed by atoms with van der Waals surface area (Å²) >= 11 is 0. The standard InChI is InChI=1S/C16H16N2O3/c19-11-12-5-4-8-14(9-12)18-15(20)10-17-16(21)13-6-2-1-3-7-13/h1-9,19H,10-11H2,(H,17,21)(H,18,20). The van der Waals surface area contributed by atoms with Gasteiger partial charge in [0.05, 0.1) is 13.2 Å². The number of nitrogens with one attached hydrogen (secondary N) is 2. The fraction of sp³-hybridized carbons (Fsp3) is 0.125. The fourth-order valence-corrected chi connectivity index (χ4v) is 1.80. The van der Waals surface area contributed by atoms with Crippen molar-refractivity contribution in [2.75, 3.05) is 11.9 Å². The molecule has 0 aliphatic heterocycles. The predicted molar refractivity (Wildman–Crippen MR) is 79.8 cm³/mol. The molecular formula is C16H16N2O3. The Morgan fingerprint density at radius 3 is 2.48 bits per heavy atom. The van der Waals surface area contributed by atoms with E-state index in [1.165, 1.54) is 0 Å². The molecule has 2 amide bonds. The molecule has 0 radical (unpaired) electrons. The van der Waals surface area contributed by atoms with Crippen LogP contribution in [0.4, 0.5) is 5.69 Å². The lowest BCUT2D eigenvalue weighted by Crippen LogP contribution is -2.32. The summed E-state index contributed by atoms with van der Waals surface area (Å²) in [5.41, 5.74) is 1.80. The van der Waals surface area contributed by atoms with Crippen LogP contribution < -0.4 is 10.6 Å². The van der Waals surface area contributed by atoms with Crippen LogP contribution >= 0.6 is 0 Å². The molecule has 0 saturated carbocycles. The lowest BCUT2D eigenvalue weighted by molar-refractivity contribution is -0.115. The van der Waals surface area contributed by atoms with Gasteiger partial charge in [-0.1, -0.05) is 30.3 Å². The highest BCUT2D eigenvalue weighted by Crippen LogP contribution is 2.10. The first kappa shape index (κ1) is 14.7. The molecule has 0 bridgehead atoms. The first-order valence-corrected chi connectivity index (χ1v) is 6.52. The van der Waals surface area contributed by atoms with Gasteiger partial charge in [0.15, 0.2) is 0 Å². The maximum absolute atomic E-state index is 11.8. The number of benzene rings is 2. The van der Waals surface area contributed by atoms with Crippen LogP contribution in [0, 0.1) is 0 Å². The van der Waals surface area contributed by atoms with Gasteiger partial charge in [0.1, 0.15) is 0 Å². The van der Waals surface area contributed by atoms with E-state index in [0.29, 0.717) is 16.8 Å². The van der Waals surface area contributed by atoms with Gasteiger partial charge in [0, 0.05) is 11.3 Å². The third-order valence-electron chi connectivity index (χ3n) is 2.84. The van der Waals surface area contributed by atoms with Crippen molar-refractivity contribution in [1.29, 1.82) is 0 Å². The molecule has 2 rings (SSSR count). The Kier molecular flexibility index (Phi) is 5.06. The van der Waals surface area contributed by atoms with Gasteiger partial charge in [-0.25, -0.2) is 0 Å². The largest absolute Gasteiger partial charge is 0.392 e. The molecular weight excluding hydrogens is 268 g/mol. The smallest absolute Gasteiger partial charge is 0.251 e. The maximum atomic E-state index is 11.8. The molecule has 2 aromatic rings. The third-order valence-corrected chi connectivity index (χ3v) is 2.84. The first-order chi connectivity index (χ1) is 10.2. The SMILES string of the molecule is O=C(CNC(=O)c1ccccc1)Nc1cccc(CO)c1. The van der Waals surface area contributed by atoms with E-state index in [1.807, 2.05) is 6.07 Å². The van der Waals surface area contributed by atoms with Crippen LogP contribution in [0.2, 0.25) is 0 Å². The lowest BCUT2D eigenvalue weighted by Gasteiger charge is -2.08. The zero-order valence-corrected chi connectivity index (χ0v) is 11.4. The van der Waals surface area contributed by atoms with Gasteiger partial charge in [0.2, 0.25) is 5.91 Å². The highest BCUT2D eigenvalue weighted by atomic mass is 16.3. The monoisotopic (exact) mass is 284 g/mol. The number of carbonyl (C=O) groups is 2. The molecule has 0 unspecified atom stereocenters. The predicted octanol–water partition coefficient (Wildman–Crippen LogP) is 1.55. The highest BCUT2D eigenvalue weighted by Gasteiger charge is 2.07. The van der Waals surface area contributed by atoms with Crippen molar-refractivity contribution >= 4 is 17.5 Å². The van der Waals surface area contributed by atoms with E-state index >= 15 is 0 Å². The van der Waals surface area contributed by atoms with E-state index in [0.717, 1.165) is 0 Å². The van der Waals surface area contributed by atoms with Gasteiger partial charge in [-0.3, -0.25) is 9.59 Å². The average molecular weight is 284 g/mol. The van der Waals surface area contributed by atoms with Crippen LogP contribution in [0.5, 0.6) is 0 Å². The number of carbonyl (C=O) groups excluding carboxylic acids is 2. The number of anilines is 1. The summed E-state index contributed by atoms with van der Waals surface area (Å²) < 4.78 is 0. The molecule has 3 N–H and O–H groups in total. The van der Waals surface area contributed by atoms with Crippen LogP contribution in [0.15, 0.2) is 54.6 Å². The number of rotatable bonds is 5. The zero-order valence-electron chi connectivity index (χ0n) is 11.4. The molecule has 5 nitrogen and oxygen atoms in total. The molecule has 0 fully saturated rings. The molecule has 2 aromatic carbocycles. The van der Waals surface area contributed by atoms with Gasteiger partial charge in [-0.05, 0) is 29.8 Å². The normalized spacial score (nSPS) is 9.95. The molecule has 0 saturated heterocycles. The van der Waals surface area contributed by atoms with Crippen LogP contribution in [0.1, 0.15) is 15.9 Å². The highest BCUT2D eigenvalue weighted by molar-refractivity contribution is 5.99. The molecule has 0 aromatic heterocycles. The number of amides is 2. The van der Waals surface area contributed by atoms with E-state index in [2.05, 4.69) is 10.6 Å². The summed E-state index contributed by atoms with van der Waals surface area (Å²) in [6, 6.07) is 15.6. The Morgan fingerprint density at radius 2 is 1.76 bits per heavy atom. The van der Waals surface area contributed by atoms with E-state index in [9.17, 15) is 9.59 Å². The maximum Gasteiger partial charge on any atom is 0.251 e. The molecule has 5 heteroatoms. The summed E-state index contributed by atoms with van der Waals surface area (Å²) in [5.74, 6) is -0.621. The summed E-state index contributed by atoms with van der Waals surface area (Å²) in [4.78, 5) is 23.5. The lowest BCUT2D eigenvalue weighted by atomic mass is 10.2. The molecule has 21 heavy (non-hydrogen) atoms. The van der Waals surface area contributed by atoms with Gasteiger partial charge < -0.3 is 15.7 Å². The topological polar surface area (TPSA) is 78.4 Å². The summed E-state index contributed by atoms with van der Waals surface area (Å²) in [7, 11) is 0. The molecule has 108 valence electrons. The van der Waals surface area contributed by atoms with Crippen molar-refractivity contribution < 1.29 is 14.7 Å². The number of hydrogen-bond donors (Lipinski definition) is 3. The molecule has 0 atom stereocenters. The molecule has 0 heterocycles. The van der Waals surface area contributed by atoms with Crippen molar-refractivity contribution in [3.8, 4) is 0 Å². The number of aliphatic hydroxyl groups excluding tert-OH is 1. The first-order valence-electron chi connectivity index (χ1n) is 6.52. The second-order valence-electron chi connectivity index (χ2n) is 4.46. The van der Waals surface area contributed by atoms with Gasteiger partial charge in [-0.15, -0.1) is 0 Å². The zero-order chi connectivity index (χ0) is 15.1. The van der Waals surface area contributed by atoms with Gasteiger partial charge >= 0.3 is 0 Å². The molecule has 0 aliphatic carbocycles. The van der Waals surface area contributed by atoms with Crippen molar-refractivity contribution in [2.24, 2.45) is 0 Å². The van der Waals surface area contributed by atoms with Crippen molar-refractivity contribution in [2.45, 2.75) is 6.61 Å². The van der Waals surface area contributed by atoms with E-state index in [1.54, 1.807) is 48.5 Å². The summed E-state index contributed by atoms with van der Waals surface area (Å²) in [6.45, 7) is -0.203. The van der Waals surface area contributed by atoms with Crippen molar-refractivity contribution in [1.82, 2.24) is 5.32 Å². The van der Waals surface area contributed by atoms with Crippen LogP contribution in [0.25, 0.3) is 0 Å². The van der Waals surface area contributed by atoms with E-state index < -0.39 is 0 Å². The Morgan fingerprint density at radius 1 is 1.00 bits per heavy atom. The second-order valence-corrected chi connectivity index (χ2v) is 4.46. The Hall–Kier alpha value is -2.66. The summed E-state index contributed by atoms with van der Waals surface area (Å²) in [6.07, 6.45) is 0. The van der Waals surface area contributed by atoms with Crippen molar-refractivity contribution in [3.05, 3.63) is 65.7 Å². The Balaban J connectivity index is 1.86. The fourth-order valence-electron chi connectivity index (χ4n) is 1.80. The summed E-state index contributed by atoms with van der Waals surface area (Å²) in [5, 5.41) is 14.2. The van der Waals surface area contributed by atoms with Gasteiger partial charge in [-0.2, -0.15) is 0 Å².